The SMILES string of the molecule is CCOc1ccccc1N(C(=O)Cn1nnc2ccccc21)C(C(=O)NCCC(C)C)c1ccncc1. The topological polar surface area (TPSA) is 102 Å². The summed E-state index contributed by atoms with van der Waals surface area (Å²) in [7, 11) is 0. The number of carbonyl (C=O) groups is 2. The van der Waals surface area contributed by atoms with Gasteiger partial charge in [0.2, 0.25) is 11.8 Å². The van der Waals surface area contributed by atoms with Crippen molar-refractivity contribution in [2.45, 2.75) is 39.8 Å². The molecular formula is C28H32N6O3. The third-order valence-electron chi connectivity index (χ3n) is 5.95. The van der Waals surface area contributed by atoms with E-state index >= 15 is 0 Å². The monoisotopic (exact) mass is 500 g/mol. The Morgan fingerprint density at radius 3 is 2.51 bits per heavy atom. The van der Waals surface area contributed by atoms with Crippen LogP contribution in [0.3, 0.4) is 0 Å². The molecule has 0 radical (unpaired) electrons. The number of carbonyl (C=O) groups excluding carboxylic acids is 2. The normalized spacial score (nSPS) is 11.9. The van der Waals surface area contributed by atoms with E-state index in [1.165, 1.54) is 4.90 Å². The highest BCUT2D eigenvalue weighted by atomic mass is 16.5. The van der Waals surface area contributed by atoms with Gasteiger partial charge < -0.3 is 10.1 Å². The van der Waals surface area contributed by atoms with Gasteiger partial charge in [-0.15, -0.1) is 5.10 Å². The second-order valence-electron chi connectivity index (χ2n) is 9.06. The molecular weight excluding hydrogens is 468 g/mol. The van der Waals surface area contributed by atoms with Gasteiger partial charge in [-0.2, -0.15) is 0 Å². The molecule has 1 unspecified atom stereocenters. The number of anilines is 1. The van der Waals surface area contributed by atoms with Crippen LogP contribution in [0, 0.1) is 5.92 Å². The van der Waals surface area contributed by atoms with E-state index in [0.29, 0.717) is 41.6 Å². The summed E-state index contributed by atoms with van der Waals surface area (Å²) in [5.74, 6) is 0.325. The molecule has 0 aliphatic heterocycles. The number of nitrogens with one attached hydrogen (secondary N) is 1. The van der Waals surface area contributed by atoms with E-state index in [0.717, 1.165) is 11.9 Å². The molecule has 0 saturated heterocycles. The lowest BCUT2D eigenvalue weighted by atomic mass is 10.0. The number of fused-ring (bicyclic) bond motifs is 1. The lowest BCUT2D eigenvalue weighted by Gasteiger charge is -2.32. The van der Waals surface area contributed by atoms with Gasteiger partial charge in [0.05, 0.1) is 17.8 Å². The van der Waals surface area contributed by atoms with Crippen LogP contribution < -0.4 is 15.0 Å². The average molecular weight is 501 g/mol. The average Bonchev–Trinajstić information content (AvgIpc) is 3.30. The fraction of sp³-hybridized carbons (Fsp3) is 0.321. The molecule has 2 aromatic carbocycles. The van der Waals surface area contributed by atoms with Gasteiger partial charge in [0, 0.05) is 18.9 Å². The maximum Gasteiger partial charge on any atom is 0.249 e. The van der Waals surface area contributed by atoms with Crippen LogP contribution in [0.5, 0.6) is 5.75 Å². The molecule has 9 nitrogen and oxygen atoms in total. The quantitative estimate of drug-likeness (QED) is 0.332. The first-order valence-corrected chi connectivity index (χ1v) is 12.5. The molecule has 0 fully saturated rings. The van der Waals surface area contributed by atoms with Crippen LogP contribution >= 0.6 is 0 Å². The number of benzene rings is 2. The van der Waals surface area contributed by atoms with Crippen molar-refractivity contribution in [3.05, 3.63) is 78.6 Å². The lowest BCUT2D eigenvalue weighted by molar-refractivity contribution is -0.127. The third-order valence-corrected chi connectivity index (χ3v) is 5.95. The van der Waals surface area contributed by atoms with E-state index in [9.17, 15) is 9.59 Å². The molecule has 2 amide bonds. The Bertz CT molecular complexity index is 1340. The number of aromatic nitrogens is 4. The molecule has 37 heavy (non-hydrogen) atoms. The van der Waals surface area contributed by atoms with Gasteiger partial charge in [-0.05, 0) is 61.2 Å². The summed E-state index contributed by atoms with van der Waals surface area (Å²) in [6, 6.07) is 17.2. The van der Waals surface area contributed by atoms with Crippen molar-refractivity contribution in [1.29, 1.82) is 0 Å². The molecule has 2 heterocycles. The summed E-state index contributed by atoms with van der Waals surface area (Å²) >= 11 is 0. The Morgan fingerprint density at radius 2 is 1.76 bits per heavy atom. The minimum atomic E-state index is -0.945. The van der Waals surface area contributed by atoms with Crippen molar-refractivity contribution >= 4 is 28.5 Å². The summed E-state index contributed by atoms with van der Waals surface area (Å²) in [5.41, 5.74) is 2.56. The molecule has 9 heteroatoms. The van der Waals surface area contributed by atoms with Gasteiger partial charge in [-0.25, -0.2) is 4.68 Å². The van der Waals surface area contributed by atoms with Gasteiger partial charge >= 0.3 is 0 Å². The van der Waals surface area contributed by atoms with Crippen molar-refractivity contribution in [2.75, 3.05) is 18.1 Å². The maximum absolute atomic E-state index is 14.1. The van der Waals surface area contributed by atoms with Crippen LogP contribution in [0.15, 0.2) is 73.1 Å². The molecule has 0 spiro atoms. The number of hydrogen-bond acceptors (Lipinski definition) is 6. The Hall–Kier alpha value is -4.27. The fourth-order valence-electron chi connectivity index (χ4n) is 4.13. The smallest absolute Gasteiger partial charge is 0.249 e. The highest BCUT2D eigenvalue weighted by molar-refractivity contribution is 6.02. The molecule has 1 atom stereocenters. The summed E-state index contributed by atoms with van der Waals surface area (Å²) < 4.78 is 7.43. The van der Waals surface area contributed by atoms with Crippen molar-refractivity contribution < 1.29 is 14.3 Å². The highest BCUT2D eigenvalue weighted by Crippen LogP contribution is 2.35. The Labute approximate surface area is 216 Å². The number of hydrogen-bond donors (Lipinski definition) is 1. The summed E-state index contributed by atoms with van der Waals surface area (Å²) in [6.45, 7) is 6.88. The van der Waals surface area contributed by atoms with Crippen LogP contribution in [0.1, 0.15) is 38.8 Å². The largest absolute Gasteiger partial charge is 0.492 e. The van der Waals surface area contributed by atoms with E-state index in [-0.39, 0.29) is 18.4 Å². The second kappa shape index (κ2) is 12.1. The van der Waals surface area contributed by atoms with Crippen molar-refractivity contribution in [3.8, 4) is 5.75 Å². The van der Waals surface area contributed by atoms with Gasteiger partial charge in [0.1, 0.15) is 23.9 Å². The van der Waals surface area contributed by atoms with Crippen LogP contribution in [-0.2, 0) is 16.1 Å². The fourth-order valence-corrected chi connectivity index (χ4v) is 4.13. The molecule has 2 aromatic heterocycles. The van der Waals surface area contributed by atoms with Crippen LogP contribution in [0.4, 0.5) is 5.69 Å². The molecule has 1 N–H and O–H groups in total. The second-order valence-corrected chi connectivity index (χ2v) is 9.06. The molecule has 4 rings (SSSR count). The molecule has 4 aromatic rings. The van der Waals surface area contributed by atoms with E-state index in [1.807, 2.05) is 43.3 Å². The van der Waals surface area contributed by atoms with Crippen LogP contribution in [0.25, 0.3) is 11.0 Å². The van der Waals surface area contributed by atoms with Gasteiger partial charge in [-0.3, -0.25) is 19.5 Å². The van der Waals surface area contributed by atoms with E-state index in [1.54, 1.807) is 41.3 Å². The van der Waals surface area contributed by atoms with Gasteiger partial charge in [-0.1, -0.05) is 43.3 Å². The number of nitrogens with zero attached hydrogens (tertiary/aromatic N) is 5. The molecule has 0 saturated carbocycles. The number of pyridine rings is 1. The minimum Gasteiger partial charge on any atom is -0.492 e. The maximum atomic E-state index is 14.1. The first-order valence-electron chi connectivity index (χ1n) is 12.5. The van der Waals surface area contributed by atoms with Crippen molar-refractivity contribution in [3.63, 3.8) is 0 Å². The zero-order valence-electron chi connectivity index (χ0n) is 21.4. The standard InChI is InChI=1S/C28H32N6O3/c1-4-37-25-12-8-7-11-24(25)34(26(35)19-33-23-10-6-5-9-22(23)31-32-33)27(21-14-16-29-17-15-21)28(36)30-18-13-20(2)3/h5-12,14-17,20,27H,4,13,18-19H2,1-3H3,(H,30,36). The Morgan fingerprint density at radius 1 is 1.03 bits per heavy atom. The van der Waals surface area contributed by atoms with Crippen molar-refractivity contribution in [1.82, 2.24) is 25.3 Å². The summed E-state index contributed by atoms with van der Waals surface area (Å²) in [6.07, 6.45) is 4.06. The predicted molar refractivity (Wildman–Crippen MR) is 142 cm³/mol. The number of amides is 2. The zero-order valence-corrected chi connectivity index (χ0v) is 21.4. The van der Waals surface area contributed by atoms with E-state index in [4.69, 9.17) is 4.74 Å². The lowest BCUT2D eigenvalue weighted by Crippen LogP contribution is -2.45. The zero-order chi connectivity index (χ0) is 26.2. The first kappa shape index (κ1) is 25.8. The summed E-state index contributed by atoms with van der Waals surface area (Å²) in [4.78, 5) is 33.4. The van der Waals surface area contributed by atoms with Crippen molar-refractivity contribution in [2.24, 2.45) is 5.92 Å². The molecule has 0 aliphatic rings. The first-order chi connectivity index (χ1) is 18.0. The van der Waals surface area contributed by atoms with Crippen LogP contribution in [-0.4, -0.2) is 44.9 Å². The molecule has 0 aliphatic carbocycles. The molecule has 192 valence electrons. The van der Waals surface area contributed by atoms with Gasteiger partial charge in [0.15, 0.2) is 0 Å². The predicted octanol–water partition coefficient (Wildman–Crippen LogP) is 4.16. The Balaban J connectivity index is 1.79. The van der Waals surface area contributed by atoms with Gasteiger partial charge in [0.25, 0.3) is 0 Å². The van der Waals surface area contributed by atoms with Crippen LogP contribution in [0.2, 0.25) is 0 Å². The summed E-state index contributed by atoms with van der Waals surface area (Å²) in [5, 5.41) is 11.4. The number of ether oxygens (including phenoxy) is 1. The Kier molecular flexibility index (Phi) is 8.45. The van der Waals surface area contributed by atoms with E-state index < -0.39 is 6.04 Å². The van der Waals surface area contributed by atoms with E-state index in [2.05, 4.69) is 34.5 Å². The number of rotatable bonds is 11. The molecule has 0 bridgehead atoms. The third kappa shape index (κ3) is 6.11. The highest BCUT2D eigenvalue weighted by Gasteiger charge is 2.34. The number of para-hydroxylation sites is 3. The minimum absolute atomic E-state index is 0.109.